The van der Waals surface area contributed by atoms with Gasteiger partial charge in [-0.15, -0.1) is 0 Å². The highest BCUT2D eigenvalue weighted by Crippen LogP contribution is 2.25. The monoisotopic (exact) mass is 320 g/mol. The minimum absolute atomic E-state index is 0.612. The summed E-state index contributed by atoms with van der Waals surface area (Å²) in [5, 5.41) is 8.31. The first-order valence-corrected chi connectivity index (χ1v) is 8.72. The summed E-state index contributed by atoms with van der Waals surface area (Å²) in [6, 6.07) is 17.9. The van der Waals surface area contributed by atoms with Crippen molar-refractivity contribution in [2.75, 3.05) is 25.0 Å². The molecule has 2 heterocycles. The van der Waals surface area contributed by atoms with E-state index >= 15 is 0 Å². The second-order valence-electron chi connectivity index (χ2n) is 6.75. The number of hydrogen-bond acceptors (Lipinski definition) is 3. The smallest absolute Gasteiger partial charge is 0.0651 e. The average Bonchev–Trinajstić information content (AvgIpc) is 3.10. The van der Waals surface area contributed by atoms with Gasteiger partial charge in [-0.05, 0) is 36.6 Å². The van der Waals surface area contributed by atoms with Crippen molar-refractivity contribution in [2.24, 2.45) is 0 Å². The zero-order valence-electron chi connectivity index (χ0n) is 14.2. The molecular formula is C20H24N4. The lowest BCUT2D eigenvalue weighted by atomic mass is 10.0. The van der Waals surface area contributed by atoms with Gasteiger partial charge < -0.3 is 4.90 Å². The van der Waals surface area contributed by atoms with Crippen molar-refractivity contribution < 1.29 is 0 Å². The van der Waals surface area contributed by atoms with Gasteiger partial charge in [0.2, 0.25) is 0 Å². The third kappa shape index (κ3) is 3.15. The van der Waals surface area contributed by atoms with Crippen LogP contribution in [0.5, 0.6) is 0 Å². The van der Waals surface area contributed by atoms with Crippen molar-refractivity contribution in [2.45, 2.75) is 25.4 Å². The Morgan fingerprint density at radius 2 is 1.92 bits per heavy atom. The van der Waals surface area contributed by atoms with Gasteiger partial charge in [-0.3, -0.25) is 10.00 Å². The van der Waals surface area contributed by atoms with Crippen molar-refractivity contribution in [1.82, 2.24) is 15.1 Å². The maximum absolute atomic E-state index is 4.11. The lowest BCUT2D eigenvalue weighted by molar-refractivity contribution is 0.203. The minimum Gasteiger partial charge on any atom is -0.371 e. The molecule has 1 fully saturated rings. The Morgan fingerprint density at radius 1 is 1.12 bits per heavy atom. The first kappa shape index (κ1) is 15.2. The molecule has 0 amide bonds. The van der Waals surface area contributed by atoms with E-state index in [2.05, 4.69) is 75.6 Å². The highest BCUT2D eigenvalue weighted by atomic mass is 15.2. The molecule has 124 valence electrons. The molecule has 1 aliphatic heterocycles. The molecule has 4 heteroatoms. The van der Waals surface area contributed by atoms with Gasteiger partial charge in [-0.2, -0.15) is 5.10 Å². The van der Waals surface area contributed by atoms with E-state index < -0.39 is 0 Å². The number of nitrogens with one attached hydrogen (secondary N) is 1. The topological polar surface area (TPSA) is 35.2 Å². The number of aromatic nitrogens is 2. The summed E-state index contributed by atoms with van der Waals surface area (Å²) in [5.74, 6) is 0. The molecule has 0 spiro atoms. The second kappa shape index (κ2) is 6.65. The van der Waals surface area contributed by atoms with Gasteiger partial charge in [-0.25, -0.2) is 0 Å². The van der Waals surface area contributed by atoms with Crippen LogP contribution in [-0.2, 0) is 6.54 Å². The van der Waals surface area contributed by atoms with E-state index in [1.807, 2.05) is 6.20 Å². The molecule has 0 radical (unpaired) electrons. The standard InChI is InChI=1S/C20H24N4/c1-23(19-7-8-20-17(13-19)14-21-22-20)18-9-11-24(12-10-18)15-16-5-3-2-4-6-16/h2-8,13-14,18H,9-12,15H2,1H3,(H,21,22). The molecule has 0 bridgehead atoms. The molecular weight excluding hydrogens is 296 g/mol. The summed E-state index contributed by atoms with van der Waals surface area (Å²) in [7, 11) is 2.22. The number of nitrogens with zero attached hydrogens (tertiary/aromatic N) is 3. The van der Waals surface area contributed by atoms with E-state index in [-0.39, 0.29) is 0 Å². The molecule has 0 aliphatic carbocycles. The van der Waals surface area contributed by atoms with Gasteiger partial charge in [0.1, 0.15) is 0 Å². The third-order valence-electron chi connectivity index (χ3n) is 5.18. The molecule has 0 saturated carbocycles. The molecule has 3 aromatic rings. The summed E-state index contributed by atoms with van der Waals surface area (Å²) in [6.07, 6.45) is 4.33. The molecule has 1 aliphatic rings. The molecule has 2 aromatic carbocycles. The highest BCUT2D eigenvalue weighted by Gasteiger charge is 2.22. The number of likely N-dealkylation sites (tertiary alicyclic amines) is 1. The summed E-state index contributed by atoms with van der Waals surface area (Å²) in [6.45, 7) is 3.40. The molecule has 0 atom stereocenters. The number of H-pyrrole nitrogens is 1. The van der Waals surface area contributed by atoms with Crippen molar-refractivity contribution in [1.29, 1.82) is 0 Å². The number of piperidine rings is 1. The summed E-state index contributed by atoms with van der Waals surface area (Å²) in [4.78, 5) is 5.01. The molecule has 24 heavy (non-hydrogen) atoms. The third-order valence-corrected chi connectivity index (χ3v) is 5.18. The molecule has 1 aromatic heterocycles. The number of benzene rings is 2. The first-order valence-electron chi connectivity index (χ1n) is 8.72. The Labute approximate surface area is 143 Å². The quantitative estimate of drug-likeness (QED) is 0.797. The molecule has 1 N–H and O–H groups in total. The van der Waals surface area contributed by atoms with E-state index in [4.69, 9.17) is 0 Å². The molecule has 4 rings (SSSR count). The van der Waals surface area contributed by atoms with Crippen LogP contribution in [-0.4, -0.2) is 41.3 Å². The average molecular weight is 320 g/mol. The van der Waals surface area contributed by atoms with Crippen LogP contribution in [0, 0.1) is 0 Å². The molecule has 1 saturated heterocycles. The number of anilines is 1. The Morgan fingerprint density at radius 3 is 2.71 bits per heavy atom. The van der Waals surface area contributed by atoms with Crippen LogP contribution in [0.15, 0.2) is 54.7 Å². The maximum atomic E-state index is 4.11. The van der Waals surface area contributed by atoms with Crippen LogP contribution in [0.1, 0.15) is 18.4 Å². The fourth-order valence-corrected chi connectivity index (χ4v) is 3.67. The Balaban J connectivity index is 1.38. The predicted octanol–water partition coefficient (Wildman–Crippen LogP) is 3.66. The zero-order chi connectivity index (χ0) is 16.4. The van der Waals surface area contributed by atoms with E-state index in [0.29, 0.717) is 6.04 Å². The number of fused-ring (bicyclic) bond motifs is 1. The van der Waals surface area contributed by atoms with Gasteiger partial charge in [-0.1, -0.05) is 30.3 Å². The maximum Gasteiger partial charge on any atom is 0.0651 e. The fourth-order valence-electron chi connectivity index (χ4n) is 3.67. The fraction of sp³-hybridized carbons (Fsp3) is 0.350. The number of rotatable bonds is 4. The first-order chi connectivity index (χ1) is 11.8. The van der Waals surface area contributed by atoms with Crippen molar-refractivity contribution in [3.63, 3.8) is 0 Å². The van der Waals surface area contributed by atoms with Crippen LogP contribution in [0.25, 0.3) is 10.9 Å². The molecule has 0 unspecified atom stereocenters. The Bertz CT molecular complexity index is 788. The lowest BCUT2D eigenvalue weighted by Gasteiger charge is -2.38. The van der Waals surface area contributed by atoms with E-state index in [1.165, 1.54) is 29.5 Å². The minimum atomic E-state index is 0.612. The number of hydrogen-bond donors (Lipinski definition) is 1. The summed E-state index contributed by atoms with van der Waals surface area (Å²) < 4.78 is 0. The molecule has 4 nitrogen and oxygen atoms in total. The zero-order valence-corrected chi connectivity index (χ0v) is 14.2. The van der Waals surface area contributed by atoms with E-state index in [1.54, 1.807) is 0 Å². The van der Waals surface area contributed by atoms with Crippen molar-refractivity contribution in [3.8, 4) is 0 Å². The van der Waals surface area contributed by atoms with E-state index in [9.17, 15) is 0 Å². The lowest BCUT2D eigenvalue weighted by Crippen LogP contribution is -2.43. The number of aromatic amines is 1. The summed E-state index contributed by atoms with van der Waals surface area (Å²) >= 11 is 0. The highest BCUT2D eigenvalue weighted by molar-refractivity contribution is 5.82. The van der Waals surface area contributed by atoms with Gasteiger partial charge >= 0.3 is 0 Å². The van der Waals surface area contributed by atoms with Crippen LogP contribution >= 0.6 is 0 Å². The second-order valence-corrected chi connectivity index (χ2v) is 6.75. The largest absolute Gasteiger partial charge is 0.371 e. The van der Waals surface area contributed by atoms with Crippen LogP contribution < -0.4 is 4.90 Å². The summed E-state index contributed by atoms with van der Waals surface area (Å²) in [5.41, 5.74) is 3.80. The van der Waals surface area contributed by atoms with E-state index in [0.717, 1.165) is 25.2 Å². The van der Waals surface area contributed by atoms with Crippen LogP contribution in [0.4, 0.5) is 5.69 Å². The SMILES string of the molecule is CN(c1ccc2[nH]ncc2c1)C1CCN(Cc2ccccc2)CC1. The Hall–Kier alpha value is -2.33. The van der Waals surface area contributed by atoms with Gasteiger partial charge in [0.05, 0.1) is 11.7 Å². The van der Waals surface area contributed by atoms with Gasteiger partial charge in [0.15, 0.2) is 0 Å². The van der Waals surface area contributed by atoms with Crippen molar-refractivity contribution >= 4 is 16.6 Å². The van der Waals surface area contributed by atoms with Crippen molar-refractivity contribution in [3.05, 3.63) is 60.3 Å². The van der Waals surface area contributed by atoms with Gasteiger partial charge in [0.25, 0.3) is 0 Å². The van der Waals surface area contributed by atoms with Crippen LogP contribution in [0.2, 0.25) is 0 Å². The van der Waals surface area contributed by atoms with Gasteiger partial charge in [0, 0.05) is 43.8 Å². The predicted molar refractivity (Wildman–Crippen MR) is 99.2 cm³/mol. The Kier molecular flexibility index (Phi) is 4.22. The normalized spacial score (nSPS) is 16.5. The van der Waals surface area contributed by atoms with Crippen LogP contribution in [0.3, 0.4) is 0 Å².